The number of hydrogen-bond donors (Lipinski definition) is 1. The number of halogens is 2. The molecule has 1 heterocycles. The Hall–Kier alpha value is -3.49. The Balaban J connectivity index is 0.00000226. The van der Waals surface area contributed by atoms with Crippen molar-refractivity contribution in [3.8, 4) is 5.75 Å². The molecular weight excluding hydrogens is 585 g/mol. The summed E-state index contributed by atoms with van der Waals surface area (Å²) in [6, 6.07) is 20.2. The summed E-state index contributed by atoms with van der Waals surface area (Å²) in [6.45, 7) is 12.9. The van der Waals surface area contributed by atoms with Crippen LogP contribution in [0.15, 0.2) is 83.9 Å². The third-order valence-electron chi connectivity index (χ3n) is 6.86. The van der Waals surface area contributed by atoms with Crippen LogP contribution in [0.3, 0.4) is 0 Å². The lowest BCUT2D eigenvalue weighted by atomic mass is 10.1. The Labute approximate surface area is 251 Å². The van der Waals surface area contributed by atoms with Crippen molar-refractivity contribution in [1.82, 2.24) is 15.1 Å². The minimum Gasteiger partial charge on any atom is -0.484 e. The van der Waals surface area contributed by atoms with Crippen LogP contribution in [0.5, 0.6) is 5.75 Å². The fraction of sp³-hybridized carbons (Fsp3) is 0.333. The molecule has 1 N–H and O–H groups in total. The fourth-order valence-corrected chi connectivity index (χ4v) is 4.72. The van der Waals surface area contributed by atoms with E-state index >= 15 is 0 Å². The van der Waals surface area contributed by atoms with E-state index in [-0.39, 0.29) is 17.6 Å². The van der Waals surface area contributed by atoms with Crippen LogP contribution in [0.1, 0.15) is 47.0 Å². The lowest BCUT2D eigenvalue weighted by molar-refractivity contribution is -0.127. The summed E-state index contributed by atoms with van der Waals surface area (Å²) < 4.78 is 21.8. The number of hydrogen-bond acceptors (Lipinski definition) is 4. The zero-order valence-corrected chi connectivity index (χ0v) is 25.6. The van der Waals surface area contributed by atoms with Gasteiger partial charge in [0.2, 0.25) is 5.91 Å². The topological polar surface area (TPSA) is 61.9 Å². The maximum Gasteiger partial charge on any atom is 0.251 e. The molecule has 0 saturated carbocycles. The summed E-state index contributed by atoms with van der Waals surface area (Å²) in [5, 5.41) is 2.96. The minimum absolute atomic E-state index is 0.0690. The van der Waals surface area contributed by atoms with Crippen molar-refractivity contribution in [3.63, 3.8) is 0 Å². The smallest absolute Gasteiger partial charge is 0.251 e. The van der Waals surface area contributed by atoms with E-state index in [9.17, 15) is 14.0 Å². The van der Waals surface area contributed by atoms with E-state index in [0.717, 1.165) is 22.0 Å². The molecule has 1 aliphatic rings. The molecule has 218 valence electrons. The minimum atomic E-state index is -0.424. The van der Waals surface area contributed by atoms with Gasteiger partial charge in [0.1, 0.15) is 17.7 Å². The zero-order chi connectivity index (χ0) is 29.8. The van der Waals surface area contributed by atoms with Gasteiger partial charge in [-0.25, -0.2) is 4.39 Å². The van der Waals surface area contributed by atoms with Crippen LogP contribution >= 0.6 is 15.9 Å². The summed E-state index contributed by atoms with van der Waals surface area (Å²) in [6.07, 6.45) is 1.65. The monoisotopic (exact) mass is 623 g/mol. The number of benzene rings is 3. The van der Waals surface area contributed by atoms with Crippen molar-refractivity contribution < 1.29 is 18.7 Å². The van der Waals surface area contributed by atoms with Gasteiger partial charge >= 0.3 is 0 Å². The van der Waals surface area contributed by atoms with Crippen LogP contribution in [0, 0.1) is 12.7 Å². The van der Waals surface area contributed by atoms with Gasteiger partial charge in [-0.05, 0) is 78.6 Å². The van der Waals surface area contributed by atoms with Gasteiger partial charge in [0, 0.05) is 49.3 Å². The first-order valence-corrected chi connectivity index (χ1v) is 14.8. The van der Waals surface area contributed by atoms with Crippen LogP contribution < -0.4 is 10.1 Å². The second-order valence-corrected chi connectivity index (χ2v) is 10.5. The molecule has 0 aromatic heterocycles. The van der Waals surface area contributed by atoms with E-state index in [0.29, 0.717) is 56.1 Å². The average Bonchev–Trinajstić information content (AvgIpc) is 3.00. The standard InChI is InChI=1S/C31H33BrFN3O3.C2H6/c1-3-30(37)36-18-16-35(17-19-36)21-29(25-7-4-22(2)28(33)20-25)39-27-12-8-24(9-13-27)31(38)34-15-14-23-5-10-26(32)11-6-23;1-2/h3-13,20,29H,1,14-19,21H2,2H3,(H,34,38);1-2H3. The number of carbonyl (C=O) groups excluding carboxylic acids is 2. The molecule has 0 radical (unpaired) electrons. The highest BCUT2D eigenvalue weighted by atomic mass is 79.9. The predicted octanol–water partition coefficient (Wildman–Crippen LogP) is 6.35. The molecule has 1 fully saturated rings. The lowest BCUT2D eigenvalue weighted by Gasteiger charge is -2.36. The molecule has 1 saturated heterocycles. The van der Waals surface area contributed by atoms with Crippen molar-refractivity contribution in [2.45, 2.75) is 33.3 Å². The molecule has 3 aromatic rings. The number of nitrogens with zero attached hydrogens (tertiary/aromatic N) is 2. The fourth-order valence-electron chi connectivity index (χ4n) is 4.46. The van der Waals surface area contributed by atoms with E-state index in [4.69, 9.17) is 4.74 Å². The Morgan fingerprint density at radius 1 is 1.02 bits per heavy atom. The SMILES string of the molecule is C=CC(=O)N1CCN(CC(Oc2ccc(C(=O)NCCc3ccc(Br)cc3)cc2)c2ccc(C)c(F)c2)CC1.CC. The molecule has 1 atom stereocenters. The summed E-state index contributed by atoms with van der Waals surface area (Å²) in [5.74, 6) is 0.0915. The molecule has 1 aliphatic heterocycles. The molecule has 0 aliphatic carbocycles. The van der Waals surface area contributed by atoms with Crippen LogP contribution in [-0.2, 0) is 11.2 Å². The molecule has 3 aromatic carbocycles. The number of amides is 2. The zero-order valence-electron chi connectivity index (χ0n) is 24.0. The number of rotatable bonds is 10. The second kappa shape index (κ2) is 16.1. The van der Waals surface area contributed by atoms with Gasteiger partial charge in [-0.15, -0.1) is 0 Å². The molecule has 2 amide bonds. The lowest BCUT2D eigenvalue weighted by Crippen LogP contribution is -2.49. The van der Waals surface area contributed by atoms with Gasteiger partial charge < -0.3 is 15.0 Å². The number of carbonyl (C=O) groups is 2. The quantitative estimate of drug-likeness (QED) is 0.268. The van der Waals surface area contributed by atoms with E-state index in [1.807, 2.05) is 44.2 Å². The Morgan fingerprint density at radius 2 is 1.68 bits per heavy atom. The van der Waals surface area contributed by atoms with E-state index in [1.165, 1.54) is 12.1 Å². The maximum atomic E-state index is 14.4. The predicted molar refractivity (Wildman–Crippen MR) is 166 cm³/mol. The first-order valence-electron chi connectivity index (χ1n) is 14.0. The number of ether oxygens (including phenoxy) is 1. The normalized spacial score (nSPS) is 13.9. The van der Waals surface area contributed by atoms with Crippen molar-refractivity contribution in [2.75, 3.05) is 39.3 Å². The molecule has 4 rings (SSSR count). The van der Waals surface area contributed by atoms with E-state index in [2.05, 4.69) is 32.7 Å². The Bertz CT molecular complexity index is 1290. The molecule has 8 heteroatoms. The van der Waals surface area contributed by atoms with Gasteiger partial charge in [0.05, 0.1) is 0 Å². The summed E-state index contributed by atoms with van der Waals surface area (Å²) in [5.41, 5.74) is 3.00. The van der Waals surface area contributed by atoms with Gasteiger partial charge in [0.15, 0.2) is 0 Å². The highest BCUT2D eigenvalue weighted by Crippen LogP contribution is 2.26. The van der Waals surface area contributed by atoms with E-state index in [1.54, 1.807) is 42.2 Å². The molecule has 41 heavy (non-hydrogen) atoms. The molecule has 6 nitrogen and oxygen atoms in total. The number of aryl methyl sites for hydroxylation is 1. The van der Waals surface area contributed by atoms with Crippen molar-refractivity contribution in [3.05, 3.63) is 112 Å². The summed E-state index contributed by atoms with van der Waals surface area (Å²) in [4.78, 5) is 28.5. The van der Waals surface area contributed by atoms with Crippen LogP contribution in [-0.4, -0.2) is 60.9 Å². The van der Waals surface area contributed by atoms with Crippen molar-refractivity contribution in [2.24, 2.45) is 0 Å². The summed E-state index contributed by atoms with van der Waals surface area (Å²) >= 11 is 3.43. The van der Waals surface area contributed by atoms with Gasteiger partial charge in [-0.2, -0.15) is 0 Å². The number of nitrogens with one attached hydrogen (secondary N) is 1. The van der Waals surface area contributed by atoms with Crippen LogP contribution in [0.25, 0.3) is 0 Å². The summed E-state index contributed by atoms with van der Waals surface area (Å²) in [7, 11) is 0. The van der Waals surface area contributed by atoms with Gasteiger partial charge in [0.25, 0.3) is 5.91 Å². The van der Waals surface area contributed by atoms with Crippen LogP contribution in [0.2, 0.25) is 0 Å². The molecular formula is C33H39BrFN3O3. The van der Waals surface area contributed by atoms with Gasteiger partial charge in [-0.1, -0.05) is 60.6 Å². The Morgan fingerprint density at radius 3 is 2.29 bits per heavy atom. The van der Waals surface area contributed by atoms with Gasteiger partial charge in [-0.3, -0.25) is 14.5 Å². The highest BCUT2D eigenvalue weighted by molar-refractivity contribution is 9.10. The maximum absolute atomic E-state index is 14.4. The molecule has 0 spiro atoms. The second-order valence-electron chi connectivity index (χ2n) is 9.60. The van der Waals surface area contributed by atoms with Crippen molar-refractivity contribution >= 4 is 27.7 Å². The van der Waals surface area contributed by atoms with Crippen molar-refractivity contribution in [1.29, 1.82) is 0 Å². The highest BCUT2D eigenvalue weighted by Gasteiger charge is 2.24. The third-order valence-corrected chi connectivity index (χ3v) is 7.39. The average molecular weight is 625 g/mol. The molecule has 1 unspecified atom stereocenters. The number of piperazine rings is 1. The molecule has 0 bridgehead atoms. The third kappa shape index (κ3) is 9.54. The first-order chi connectivity index (χ1) is 19.8. The van der Waals surface area contributed by atoms with E-state index < -0.39 is 6.10 Å². The largest absolute Gasteiger partial charge is 0.484 e. The van der Waals surface area contributed by atoms with Crippen LogP contribution in [0.4, 0.5) is 4.39 Å². The Kier molecular flexibility index (Phi) is 12.6. The first kappa shape index (κ1) is 32.0.